The van der Waals surface area contributed by atoms with Gasteiger partial charge in [0.05, 0.1) is 39.0 Å². The number of benzene rings is 2. The van der Waals surface area contributed by atoms with Crippen molar-refractivity contribution in [3.63, 3.8) is 0 Å². The molecule has 1 aromatic heterocycles. The number of carboxylic acid groups (broad SMARTS) is 1. The van der Waals surface area contributed by atoms with Crippen LogP contribution in [-0.2, 0) is 22.6 Å². The minimum absolute atomic E-state index is 0.344. The van der Waals surface area contributed by atoms with Crippen molar-refractivity contribution in [1.29, 1.82) is 0 Å². The number of aromatic nitrogens is 1. The molecular formula is C21H20Cl2N2O5S. The molecule has 2 atom stereocenters. The normalized spacial score (nSPS) is 13.2. The fraction of sp³-hybridized carbons (Fsp3) is 0.238. The molecule has 164 valence electrons. The van der Waals surface area contributed by atoms with Crippen LogP contribution < -0.4 is 5.32 Å². The third-order valence-electron chi connectivity index (χ3n) is 4.93. The third kappa shape index (κ3) is 4.77. The van der Waals surface area contributed by atoms with E-state index in [2.05, 4.69) is 5.32 Å². The van der Waals surface area contributed by atoms with Gasteiger partial charge < -0.3 is 20.1 Å². The Kier molecular flexibility index (Phi) is 7.06. The van der Waals surface area contributed by atoms with Gasteiger partial charge in [0.25, 0.3) is 5.91 Å². The van der Waals surface area contributed by atoms with Crippen molar-refractivity contribution in [2.75, 3.05) is 12.4 Å². The van der Waals surface area contributed by atoms with E-state index in [1.807, 2.05) is 13.0 Å². The number of halogens is 2. The first-order valence-electron chi connectivity index (χ1n) is 9.20. The van der Waals surface area contributed by atoms with Crippen LogP contribution in [0.2, 0.25) is 10.0 Å². The largest absolute Gasteiger partial charge is 0.481 e. The Labute approximate surface area is 191 Å². The average molecular weight is 483 g/mol. The van der Waals surface area contributed by atoms with E-state index >= 15 is 0 Å². The number of aliphatic carboxylic acids is 1. The SMILES string of the molecule is Cc1cc2c(cc(C(=O)NC(CO)c3ccc([S@](=O)CC(=O)O)cc3)n2C)c(Cl)c1Cl. The van der Waals surface area contributed by atoms with Gasteiger partial charge in [-0.15, -0.1) is 0 Å². The van der Waals surface area contributed by atoms with E-state index in [0.29, 0.717) is 31.6 Å². The minimum atomic E-state index is -1.67. The Hall–Kier alpha value is -2.39. The van der Waals surface area contributed by atoms with Crippen LogP contribution in [0, 0.1) is 6.92 Å². The summed E-state index contributed by atoms with van der Waals surface area (Å²) >= 11 is 12.6. The number of nitrogens with zero attached hydrogens (tertiary/aromatic N) is 1. The van der Waals surface area contributed by atoms with Gasteiger partial charge in [-0.1, -0.05) is 35.3 Å². The molecule has 0 aliphatic carbocycles. The predicted molar refractivity (Wildman–Crippen MR) is 120 cm³/mol. The van der Waals surface area contributed by atoms with Gasteiger partial charge in [0.2, 0.25) is 0 Å². The van der Waals surface area contributed by atoms with E-state index in [4.69, 9.17) is 28.3 Å². The number of amides is 1. The van der Waals surface area contributed by atoms with E-state index in [-0.39, 0.29) is 6.61 Å². The zero-order valence-electron chi connectivity index (χ0n) is 16.7. The molecule has 7 nitrogen and oxygen atoms in total. The molecule has 10 heteroatoms. The summed E-state index contributed by atoms with van der Waals surface area (Å²) in [6, 6.07) is 9.00. The average Bonchev–Trinajstić information content (AvgIpc) is 3.06. The Morgan fingerprint density at radius 3 is 2.39 bits per heavy atom. The molecule has 0 saturated carbocycles. The van der Waals surface area contributed by atoms with E-state index in [9.17, 15) is 18.9 Å². The second-order valence-electron chi connectivity index (χ2n) is 7.00. The van der Waals surface area contributed by atoms with Gasteiger partial charge in [-0.25, -0.2) is 0 Å². The second kappa shape index (κ2) is 9.40. The van der Waals surface area contributed by atoms with Gasteiger partial charge in [0, 0.05) is 17.3 Å². The van der Waals surface area contributed by atoms with Crippen LogP contribution >= 0.6 is 23.2 Å². The number of fused-ring (bicyclic) bond motifs is 1. The van der Waals surface area contributed by atoms with Crippen molar-refractivity contribution < 1.29 is 24.0 Å². The molecular weight excluding hydrogens is 463 g/mol. The molecule has 1 heterocycles. The van der Waals surface area contributed by atoms with Gasteiger partial charge in [-0.2, -0.15) is 0 Å². The van der Waals surface area contributed by atoms with Crippen molar-refractivity contribution >= 4 is 56.8 Å². The zero-order valence-corrected chi connectivity index (χ0v) is 19.0. The molecule has 31 heavy (non-hydrogen) atoms. The molecule has 0 bridgehead atoms. The Balaban J connectivity index is 1.85. The Morgan fingerprint density at radius 2 is 1.81 bits per heavy atom. The molecule has 0 saturated heterocycles. The number of nitrogens with one attached hydrogen (secondary N) is 1. The summed E-state index contributed by atoms with van der Waals surface area (Å²) in [5, 5.41) is 22.8. The van der Waals surface area contributed by atoms with Gasteiger partial charge in [0.15, 0.2) is 0 Å². The lowest BCUT2D eigenvalue weighted by molar-refractivity contribution is -0.133. The highest BCUT2D eigenvalue weighted by Crippen LogP contribution is 2.35. The number of rotatable bonds is 7. The molecule has 1 unspecified atom stereocenters. The number of carbonyl (C=O) groups excluding carboxylic acids is 1. The lowest BCUT2D eigenvalue weighted by Crippen LogP contribution is -2.32. The van der Waals surface area contributed by atoms with Crippen LogP contribution in [0.25, 0.3) is 10.9 Å². The minimum Gasteiger partial charge on any atom is -0.481 e. The first-order valence-corrected chi connectivity index (χ1v) is 11.3. The number of aryl methyl sites for hydroxylation is 2. The third-order valence-corrected chi connectivity index (χ3v) is 7.21. The second-order valence-corrected chi connectivity index (χ2v) is 9.21. The quantitative estimate of drug-likeness (QED) is 0.477. The highest BCUT2D eigenvalue weighted by molar-refractivity contribution is 7.85. The molecule has 0 aliphatic rings. The maximum atomic E-state index is 12.9. The maximum Gasteiger partial charge on any atom is 0.316 e. The number of carbonyl (C=O) groups is 2. The Bertz CT molecular complexity index is 1190. The van der Waals surface area contributed by atoms with E-state index < -0.39 is 34.5 Å². The first-order chi connectivity index (χ1) is 14.6. The summed E-state index contributed by atoms with van der Waals surface area (Å²) in [6.07, 6.45) is 0. The smallest absolute Gasteiger partial charge is 0.316 e. The summed E-state index contributed by atoms with van der Waals surface area (Å²) in [5.41, 5.74) is 2.47. The fourth-order valence-corrected chi connectivity index (χ4v) is 4.55. The maximum absolute atomic E-state index is 12.9. The predicted octanol–water partition coefficient (Wildman–Crippen LogP) is 3.45. The molecule has 0 aliphatic heterocycles. The monoisotopic (exact) mass is 482 g/mol. The lowest BCUT2D eigenvalue weighted by atomic mass is 10.1. The molecule has 3 aromatic rings. The van der Waals surface area contributed by atoms with Crippen molar-refractivity contribution in [3.8, 4) is 0 Å². The molecule has 3 N–H and O–H groups in total. The van der Waals surface area contributed by atoms with E-state index in [1.165, 1.54) is 12.1 Å². The summed E-state index contributed by atoms with van der Waals surface area (Å²) in [4.78, 5) is 24.0. The van der Waals surface area contributed by atoms with Crippen LogP contribution in [0.4, 0.5) is 0 Å². The standard InChI is InChI=1S/C21H20Cl2N2O5S/c1-11-7-16-14(20(23)19(11)22)8-17(25(16)2)21(29)24-15(9-26)12-3-5-13(6-4-12)31(30)10-18(27)28/h3-8,15,26H,9-10H2,1-2H3,(H,24,29)(H,27,28)/t15?,31-/m1/s1. The van der Waals surface area contributed by atoms with E-state index in [0.717, 1.165) is 11.1 Å². The lowest BCUT2D eigenvalue weighted by Gasteiger charge is -2.17. The van der Waals surface area contributed by atoms with Crippen LogP contribution in [0.3, 0.4) is 0 Å². The number of aliphatic hydroxyl groups is 1. The number of hydrogen-bond donors (Lipinski definition) is 3. The number of carboxylic acids is 1. The van der Waals surface area contributed by atoms with E-state index in [1.54, 1.807) is 29.8 Å². The summed E-state index contributed by atoms with van der Waals surface area (Å²) in [7, 11) is 0.0657. The Morgan fingerprint density at radius 1 is 1.16 bits per heavy atom. The van der Waals surface area contributed by atoms with Crippen molar-refractivity contribution in [2.24, 2.45) is 7.05 Å². The van der Waals surface area contributed by atoms with Gasteiger partial charge >= 0.3 is 5.97 Å². The van der Waals surface area contributed by atoms with Gasteiger partial charge in [0.1, 0.15) is 11.4 Å². The van der Waals surface area contributed by atoms with Crippen LogP contribution in [0.1, 0.15) is 27.7 Å². The molecule has 1 amide bonds. The van der Waals surface area contributed by atoms with Gasteiger partial charge in [-0.05, 0) is 42.3 Å². The molecule has 0 radical (unpaired) electrons. The van der Waals surface area contributed by atoms with Crippen molar-refractivity contribution in [3.05, 3.63) is 63.3 Å². The number of aliphatic hydroxyl groups excluding tert-OH is 1. The topological polar surface area (TPSA) is 109 Å². The van der Waals surface area contributed by atoms with Crippen LogP contribution in [-0.4, -0.2) is 43.2 Å². The summed E-state index contributed by atoms with van der Waals surface area (Å²) in [5.74, 6) is -2.07. The first kappa shape index (κ1) is 23.3. The van der Waals surface area contributed by atoms with Gasteiger partial charge in [-0.3, -0.25) is 13.8 Å². The summed E-state index contributed by atoms with van der Waals surface area (Å²) in [6.45, 7) is 1.47. The zero-order chi connectivity index (χ0) is 22.9. The van der Waals surface area contributed by atoms with Crippen molar-refractivity contribution in [1.82, 2.24) is 9.88 Å². The number of hydrogen-bond acceptors (Lipinski definition) is 4. The molecule has 0 fully saturated rings. The van der Waals surface area contributed by atoms with Crippen LogP contribution in [0.15, 0.2) is 41.3 Å². The molecule has 2 aromatic carbocycles. The highest BCUT2D eigenvalue weighted by Gasteiger charge is 2.21. The highest BCUT2D eigenvalue weighted by atomic mass is 35.5. The molecule has 0 spiro atoms. The summed E-state index contributed by atoms with van der Waals surface area (Å²) < 4.78 is 13.7. The van der Waals surface area contributed by atoms with Crippen LogP contribution in [0.5, 0.6) is 0 Å². The fourth-order valence-electron chi connectivity index (χ4n) is 3.26. The molecule has 3 rings (SSSR count). The van der Waals surface area contributed by atoms with Crippen molar-refractivity contribution in [2.45, 2.75) is 17.9 Å².